The van der Waals surface area contributed by atoms with E-state index in [4.69, 9.17) is 25.8 Å². The van der Waals surface area contributed by atoms with Gasteiger partial charge in [-0.05, 0) is 30.7 Å². The summed E-state index contributed by atoms with van der Waals surface area (Å²) in [7, 11) is 3.27. The van der Waals surface area contributed by atoms with Crippen LogP contribution in [-0.2, 0) is 14.3 Å². The molecule has 4 rings (SSSR count). The van der Waals surface area contributed by atoms with Gasteiger partial charge in [0.1, 0.15) is 30.3 Å². The third kappa shape index (κ3) is 6.92. The Kier molecular flexibility index (Phi) is 9.24. The Morgan fingerprint density at radius 1 is 1.22 bits per heavy atom. The molecule has 1 fully saturated rings. The van der Waals surface area contributed by atoms with Crippen LogP contribution >= 0.6 is 11.6 Å². The Morgan fingerprint density at radius 2 is 2.08 bits per heavy atom. The molecule has 9 nitrogen and oxygen atoms in total. The van der Waals surface area contributed by atoms with Crippen LogP contribution in [0.5, 0.6) is 5.75 Å². The Labute approximate surface area is 219 Å². The summed E-state index contributed by atoms with van der Waals surface area (Å²) in [6, 6.07) is 8.15. The molecule has 0 spiro atoms. The summed E-state index contributed by atoms with van der Waals surface area (Å²) in [4.78, 5) is 23.7. The minimum atomic E-state index is -0.515. The highest BCUT2D eigenvalue weighted by molar-refractivity contribution is 6.31. The van der Waals surface area contributed by atoms with Gasteiger partial charge >= 0.3 is 0 Å². The molecule has 1 aromatic heterocycles. The molecule has 1 aliphatic rings. The molecule has 196 valence electrons. The molecule has 37 heavy (non-hydrogen) atoms. The van der Waals surface area contributed by atoms with Crippen molar-refractivity contribution in [3.05, 3.63) is 59.7 Å². The number of likely N-dealkylation sites (tertiary alicyclic amines) is 1. The second kappa shape index (κ2) is 12.8. The molecule has 1 atom stereocenters. The smallest absolute Gasteiger partial charge is 0.248 e. The molecule has 1 amide bonds. The lowest BCUT2D eigenvalue weighted by molar-refractivity contribution is -0.112. The third-order valence-electron chi connectivity index (χ3n) is 5.96. The Hall–Kier alpha value is -3.31. The SMILES string of the molecule is COCCOc1cc2ncnc(Nc3ccc(F)c(Cl)c3)c2cc1NC(=O)C=CCN1CC[C@@H]1COC. The van der Waals surface area contributed by atoms with Crippen LogP contribution in [0.4, 0.5) is 21.6 Å². The maximum absolute atomic E-state index is 13.6. The van der Waals surface area contributed by atoms with E-state index in [-0.39, 0.29) is 10.9 Å². The highest BCUT2D eigenvalue weighted by Crippen LogP contribution is 2.34. The van der Waals surface area contributed by atoms with Gasteiger partial charge in [-0.3, -0.25) is 9.69 Å². The quantitative estimate of drug-likeness (QED) is 0.263. The molecule has 3 aromatic rings. The second-order valence-corrected chi connectivity index (χ2v) is 8.87. The maximum Gasteiger partial charge on any atom is 0.248 e. The summed E-state index contributed by atoms with van der Waals surface area (Å²) in [5.74, 6) is 0.100. The van der Waals surface area contributed by atoms with Crippen LogP contribution in [0.15, 0.2) is 48.8 Å². The zero-order chi connectivity index (χ0) is 26.2. The lowest BCUT2D eigenvalue weighted by Gasteiger charge is -2.39. The molecule has 11 heteroatoms. The van der Waals surface area contributed by atoms with Crippen LogP contribution in [0.2, 0.25) is 5.02 Å². The summed E-state index contributed by atoms with van der Waals surface area (Å²) in [5.41, 5.74) is 1.60. The summed E-state index contributed by atoms with van der Waals surface area (Å²) in [5, 5.41) is 6.65. The molecule has 1 saturated heterocycles. The van der Waals surface area contributed by atoms with Crippen molar-refractivity contribution in [3.8, 4) is 5.75 Å². The number of aromatic nitrogens is 2. The Balaban J connectivity index is 1.55. The number of amides is 1. The van der Waals surface area contributed by atoms with Crippen molar-refractivity contribution in [3.63, 3.8) is 0 Å². The van der Waals surface area contributed by atoms with E-state index in [1.54, 1.807) is 32.4 Å². The lowest BCUT2D eigenvalue weighted by Crippen LogP contribution is -2.50. The first kappa shape index (κ1) is 26.7. The summed E-state index contributed by atoms with van der Waals surface area (Å²) >= 11 is 5.92. The van der Waals surface area contributed by atoms with E-state index in [1.165, 1.54) is 24.5 Å². The van der Waals surface area contributed by atoms with E-state index in [0.29, 0.717) is 66.3 Å². The highest BCUT2D eigenvalue weighted by Gasteiger charge is 2.26. The maximum atomic E-state index is 13.6. The summed E-state index contributed by atoms with van der Waals surface area (Å²) in [6.45, 7) is 3.00. The van der Waals surface area contributed by atoms with Crippen molar-refractivity contribution >= 4 is 45.6 Å². The number of benzene rings is 2. The zero-order valence-corrected chi connectivity index (χ0v) is 21.4. The van der Waals surface area contributed by atoms with Gasteiger partial charge in [-0.25, -0.2) is 14.4 Å². The molecule has 1 aliphatic heterocycles. The number of fused-ring (bicyclic) bond motifs is 1. The number of carbonyl (C=O) groups excluding carboxylic acids is 1. The summed E-state index contributed by atoms with van der Waals surface area (Å²) in [6.07, 6.45) is 5.84. The number of nitrogens with one attached hydrogen (secondary N) is 2. The first-order chi connectivity index (χ1) is 18.0. The number of methoxy groups -OCH3 is 2. The van der Waals surface area contributed by atoms with E-state index in [9.17, 15) is 9.18 Å². The van der Waals surface area contributed by atoms with Gasteiger partial charge in [0.2, 0.25) is 5.91 Å². The Bertz CT molecular complexity index is 1280. The fourth-order valence-electron chi connectivity index (χ4n) is 3.93. The van der Waals surface area contributed by atoms with Crippen molar-refractivity contribution in [1.82, 2.24) is 14.9 Å². The van der Waals surface area contributed by atoms with Crippen LogP contribution in [0.1, 0.15) is 6.42 Å². The molecule has 0 saturated carbocycles. The molecular weight excluding hydrogens is 501 g/mol. The van der Waals surface area contributed by atoms with Crippen LogP contribution in [0.25, 0.3) is 10.9 Å². The zero-order valence-electron chi connectivity index (χ0n) is 20.7. The molecule has 2 aromatic carbocycles. The average molecular weight is 530 g/mol. The monoisotopic (exact) mass is 529 g/mol. The molecular formula is C26H29ClFN5O4. The van der Waals surface area contributed by atoms with E-state index in [0.717, 1.165) is 13.0 Å². The number of hydrogen-bond donors (Lipinski definition) is 2. The van der Waals surface area contributed by atoms with E-state index >= 15 is 0 Å². The second-order valence-electron chi connectivity index (χ2n) is 8.47. The van der Waals surface area contributed by atoms with Gasteiger partial charge in [-0.15, -0.1) is 0 Å². The highest BCUT2D eigenvalue weighted by atomic mass is 35.5. The van der Waals surface area contributed by atoms with Crippen molar-refractivity contribution < 1.29 is 23.4 Å². The number of carbonyl (C=O) groups is 1. The van der Waals surface area contributed by atoms with Crippen LogP contribution in [0, 0.1) is 5.82 Å². The van der Waals surface area contributed by atoms with Crippen LogP contribution in [-0.4, -0.2) is 73.9 Å². The minimum absolute atomic E-state index is 0.0105. The predicted molar refractivity (Wildman–Crippen MR) is 141 cm³/mol. The van der Waals surface area contributed by atoms with Gasteiger partial charge in [0.25, 0.3) is 0 Å². The molecule has 2 N–H and O–H groups in total. The van der Waals surface area contributed by atoms with E-state index in [1.807, 2.05) is 6.08 Å². The van der Waals surface area contributed by atoms with Crippen molar-refractivity contribution in [2.75, 3.05) is 57.8 Å². The number of halogens is 2. The van der Waals surface area contributed by atoms with Crippen LogP contribution in [0.3, 0.4) is 0 Å². The fourth-order valence-corrected chi connectivity index (χ4v) is 4.11. The summed E-state index contributed by atoms with van der Waals surface area (Å²) < 4.78 is 29.7. The van der Waals surface area contributed by atoms with Gasteiger partial charge in [0.15, 0.2) is 0 Å². The number of hydrogen-bond acceptors (Lipinski definition) is 8. The molecule has 0 bridgehead atoms. The van der Waals surface area contributed by atoms with Crippen molar-refractivity contribution in [2.45, 2.75) is 12.5 Å². The Morgan fingerprint density at radius 3 is 2.81 bits per heavy atom. The normalized spacial score (nSPS) is 15.6. The molecule has 0 radical (unpaired) electrons. The fraction of sp³-hybridized carbons (Fsp3) is 0.346. The van der Waals surface area contributed by atoms with Gasteiger partial charge in [0.05, 0.1) is 29.4 Å². The largest absolute Gasteiger partial charge is 0.489 e. The van der Waals surface area contributed by atoms with Gasteiger partial charge in [-0.1, -0.05) is 17.7 Å². The topological polar surface area (TPSA) is 97.8 Å². The van der Waals surface area contributed by atoms with Crippen molar-refractivity contribution in [1.29, 1.82) is 0 Å². The number of rotatable bonds is 12. The van der Waals surface area contributed by atoms with Gasteiger partial charge in [-0.2, -0.15) is 0 Å². The van der Waals surface area contributed by atoms with Crippen molar-refractivity contribution in [2.24, 2.45) is 0 Å². The van der Waals surface area contributed by atoms with E-state index < -0.39 is 5.82 Å². The van der Waals surface area contributed by atoms with Crippen LogP contribution < -0.4 is 15.4 Å². The minimum Gasteiger partial charge on any atom is -0.489 e. The predicted octanol–water partition coefficient (Wildman–Crippen LogP) is 4.41. The number of anilines is 3. The van der Waals surface area contributed by atoms with E-state index in [2.05, 4.69) is 25.5 Å². The van der Waals surface area contributed by atoms with Gasteiger partial charge in [0, 0.05) is 56.6 Å². The third-order valence-corrected chi connectivity index (χ3v) is 6.25. The van der Waals surface area contributed by atoms with Gasteiger partial charge < -0.3 is 24.8 Å². The standard InChI is InChI=1S/C26H29ClFN5O4/c1-35-10-11-37-24-14-22-19(26(30-16-29-22)31-17-5-6-21(28)20(27)12-17)13-23(24)32-25(34)4-3-8-33-9-7-18(33)15-36-2/h3-6,12-14,16,18H,7-11,15H2,1-2H3,(H,32,34)(H,29,30,31)/t18-/m1/s1. The molecule has 2 heterocycles. The first-order valence-electron chi connectivity index (χ1n) is 11.8. The molecule has 0 aliphatic carbocycles. The number of nitrogens with zero attached hydrogens (tertiary/aromatic N) is 3. The first-order valence-corrected chi connectivity index (χ1v) is 12.2. The lowest BCUT2D eigenvalue weighted by atomic mass is 10.0. The average Bonchev–Trinajstić information content (AvgIpc) is 2.87. The number of ether oxygens (including phenoxy) is 3. The molecule has 0 unspecified atom stereocenters.